The molecule has 0 fully saturated rings. The van der Waals surface area contributed by atoms with Crippen LogP contribution in [0.15, 0.2) is 48.5 Å². The molecule has 0 aliphatic carbocycles. The molecule has 0 atom stereocenters. The molecule has 6 heteroatoms. The van der Waals surface area contributed by atoms with Gasteiger partial charge in [-0.3, -0.25) is 4.79 Å². The van der Waals surface area contributed by atoms with Crippen molar-refractivity contribution in [2.24, 2.45) is 0 Å². The number of nitrogens with one attached hydrogen (secondary N) is 2. The number of hydrogen-bond acceptors (Lipinski definition) is 4. The van der Waals surface area contributed by atoms with Crippen molar-refractivity contribution in [2.45, 2.75) is 26.8 Å². The quantitative estimate of drug-likeness (QED) is 0.365. The maximum Gasteiger partial charge on any atom is 0.319 e. The minimum Gasteiger partial charge on any atom is -0.490 e. The Morgan fingerprint density at radius 3 is 2.47 bits per heavy atom. The van der Waals surface area contributed by atoms with Gasteiger partial charge in [-0.05, 0) is 68.8 Å². The normalized spacial score (nSPS) is 10.5. The van der Waals surface area contributed by atoms with E-state index in [-0.39, 0.29) is 24.5 Å². The van der Waals surface area contributed by atoms with Crippen molar-refractivity contribution in [1.29, 1.82) is 0 Å². The molecule has 0 unspecified atom stereocenters. The molecule has 0 spiro atoms. The molecule has 156 valence electrons. The van der Waals surface area contributed by atoms with Crippen LogP contribution in [0.4, 0.5) is 10.5 Å². The van der Waals surface area contributed by atoms with E-state index in [1.165, 1.54) is 6.08 Å². The number of ether oxygens (including phenoxy) is 2. The second-order valence-corrected chi connectivity index (χ2v) is 6.66. The average molecular weight is 406 g/mol. The zero-order valence-corrected chi connectivity index (χ0v) is 17.4. The Kier molecular flexibility index (Phi) is 8.52. The van der Waals surface area contributed by atoms with E-state index in [1.807, 2.05) is 26.8 Å². The summed E-state index contributed by atoms with van der Waals surface area (Å²) < 4.78 is 11.0. The molecular formula is C24H26N2O4. The van der Waals surface area contributed by atoms with Crippen LogP contribution in [0.25, 0.3) is 6.08 Å². The predicted octanol–water partition coefficient (Wildman–Crippen LogP) is 4.52. The van der Waals surface area contributed by atoms with Crippen molar-refractivity contribution < 1.29 is 19.1 Å². The number of anilines is 1. The monoisotopic (exact) mass is 406 g/mol. The summed E-state index contributed by atoms with van der Waals surface area (Å²) in [6.07, 6.45) is 8.42. The number of urea groups is 1. The highest BCUT2D eigenvalue weighted by molar-refractivity contribution is 6.07. The number of carbonyl (C=O) groups excluding carboxylic acids is 2. The maximum absolute atomic E-state index is 12.5. The second-order valence-electron chi connectivity index (χ2n) is 6.66. The van der Waals surface area contributed by atoms with Crippen molar-refractivity contribution >= 4 is 23.6 Å². The standard InChI is InChI=1S/C24H26N2O4/c1-5-15-30-22-14-8-18(16-23(22)29-6-2)7-13-21(27)19-9-11-20(12-10-19)26-24(28)25-17(3)4/h1,7-14,16-17H,6,15H2,2-4H3,(H2,25,26,28)/b13-7-. The number of benzene rings is 2. The number of terminal acetylenes is 1. The average Bonchev–Trinajstić information content (AvgIpc) is 2.71. The summed E-state index contributed by atoms with van der Waals surface area (Å²) in [5.74, 6) is 3.39. The van der Waals surface area contributed by atoms with Gasteiger partial charge in [-0.1, -0.05) is 18.1 Å². The summed E-state index contributed by atoms with van der Waals surface area (Å²) in [5.41, 5.74) is 1.92. The summed E-state index contributed by atoms with van der Waals surface area (Å²) in [5, 5.41) is 5.46. The van der Waals surface area contributed by atoms with Crippen LogP contribution in [-0.2, 0) is 0 Å². The molecule has 0 saturated heterocycles. The van der Waals surface area contributed by atoms with E-state index in [1.54, 1.807) is 42.5 Å². The molecule has 0 heterocycles. The first-order chi connectivity index (χ1) is 14.4. The molecule has 0 aliphatic heterocycles. The molecule has 6 nitrogen and oxygen atoms in total. The van der Waals surface area contributed by atoms with Crippen molar-refractivity contribution in [3.63, 3.8) is 0 Å². The van der Waals surface area contributed by atoms with Crippen LogP contribution in [0.1, 0.15) is 36.7 Å². The van der Waals surface area contributed by atoms with Crippen LogP contribution >= 0.6 is 0 Å². The fourth-order valence-corrected chi connectivity index (χ4v) is 2.55. The molecule has 30 heavy (non-hydrogen) atoms. The third kappa shape index (κ3) is 7.02. The minimum atomic E-state index is -0.288. The summed E-state index contributed by atoms with van der Waals surface area (Å²) in [6.45, 7) is 6.26. The van der Waals surface area contributed by atoms with E-state index in [0.717, 1.165) is 5.56 Å². The molecule has 2 aromatic carbocycles. The molecular weight excluding hydrogens is 380 g/mol. The third-order valence-electron chi connectivity index (χ3n) is 3.85. The van der Waals surface area contributed by atoms with Gasteiger partial charge in [0.15, 0.2) is 17.3 Å². The Morgan fingerprint density at radius 2 is 1.83 bits per heavy atom. The maximum atomic E-state index is 12.5. The summed E-state index contributed by atoms with van der Waals surface area (Å²) in [7, 11) is 0. The van der Waals surface area contributed by atoms with Gasteiger partial charge in [-0.15, -0.1) is 6.42 Å². The number of allylic oxidation sites excluding steroid dienone is 1. The SMILES string of the molecule is C#CCOc1ccc(/C=C\C(=O)c2ccc(NC(=O)NC(C)C)cc2)cc1OCC. The summed E-state index contributed by atoms with van der Waals surface area (Å²) in [4.78, 5) is 24.2. The van der Waals surface area contributed by atoms with Crippen LogP contribution in [0.3, 0.4) is 0 Å². The molecule has 0 bridgehead atoms. The van der Waals surface area contributed by atoms with Gasteiger partial charge >= 0.3 is 6.03 Å². The van der Waals surface area contributed by atoms with Gasteiger partial charge in [-0.2, -0.15) is 0 Å². The first kappa shape index (κ1) is 22.6. The van der Waals surface area contributed by atoms with Crippen LogP contribution < -0.4 is 20.1 Å². The number of amides is 2. The van der Waals surface area contributed by atoms with Gasteiger partial charge in [0.25, 0.3) is 0 Å². The van der Waals surface area contributed by atoms with Gasteiger partial charge in [0, 0.05) is 17.3 Å². The van der Waals surface area contributed by atoms with E-state index in [4.69, 9.17) is 15.9 Å². The minimum absolute atomic E-state index is 0.0391. The van der Waals surface area contributed by atoms with E-state index in [0.29, 0.717) is 29.4 Å². The Hall–Kier alpha value is -3.72. The Bertz CT molecular complexity index is 941. The number of hydrogen-bond donors (Lipinski definition) is 2. The lowest BCUT2D eigenvalue weighted by Gasteiger charge is -2.11. The van der Waals surface area contributed by atoms with Crippen molar-refractivity contribution in [3.8, 4) is 23.8 Å². The molecule has 2 rings (SSSR count). The van der Waals surface area contributed by atoms with Crippen LogP contribution in [0.2, 0.25) is 0 Å². The van der Waals surface area contributed by atoms with Crippen molar-refractivity contribution in [1.82, 2.24) is 5.32 Å². The summed E-state index contributed by atoms with van der Waals surface area (Å²) >= 11 is 0. The molecule has 2 aromatic rings. The van der Waals surface area contributed by atoms with Crippen LogP contribution in [0, 0.1) is 12.3 Å². The van der Waals surface area contributed by atoms with Crippen molar-refractivity contribution in [2.75, 3.05) is 18.5 Å². The molecule has 2 amide bonds. The first-order valence-electron chi connectivity index (χ1n) is 9.66. The van der Waals surface area contributed by atoms with Crippen LogP contribution in [-0.4, -0.2) is 31.1 Å². The smallest absolute Gasteiger partial charge is 0.319 e. The lowest BCUT2D eigenvalue weighted by atomic mass is 10.1. The second kappa shape index (κ2) is 11.3. The Labute approximate surface area is 177 Å². The van der Waals surface area contributed by atoms with Gasteiger partial charge < -0.3 is 20.1 Å². The van der Waals surface area contributed by atoms with Crippen LogP contribution in [0.5, 0.6) is 11.5 Å². The predicted molar refractivity (Wildman–Crippen MR) is 119 cm³/mol. The molecule has 2 N–H and O–H groups in total. The fourth-order valence-electron chi connectivity index (χ4n) is 2.55. The van der Waals surface area contributed by atoms with Gasteiger partial charge in [-0.25, -0.2) is 4.79 Å². The number of ketones is 1. The first-order valence-corrected chi connectivity index (χ1v) is 9.66. The lowest BCUT2D eigenvalue weighted by molar-refractivity contribution is 0.104. The number of rotatable bonds is 9. The largest absolute Gasteiger partial charge is 0.490 e. The highest BCUT2D eigenvalue weighted by atomic mass is 16.5. The highest BCUT2D eigenvalue weighted by Gasteiger charge is 2.07. The van der Waals surface area contributed by atoms with Gasteiger partial charge in [0.1, 0.15) is 6.61 Å². The fraction of sp³-hybridized carbons (Fsp3) is 0.250. The number of carbonyl (C=O) groups is 2. The third-order valence-corrected chi connectivity index (χ3v) is 3.85. The Balaban J connectivity index is 2.05. The van der Waals surface area contributed by atoms with Gasteiger partial charge in [0.05, 0.1) is 6.61 Å². The highest BCUT2D eigenvalue weighted by Crippen LogP contribution is 2.29. The topological polar surface area (TPSA) is 76.7 Å². The molecule has 0 aromatic heterocycles. The molecule has 0 radical (unpaired) electrons. The van der Waals surface area contributed by atoms with E-state index in [2.05, 4.69) is 16.6 Å². The molecule has 0 aliphatic rings. The lowest BCUT2D eigenvalue weighted by Crippen LogP contribution is -2.34. The zero-order valence-electron chi connectivity index (χ0n) is 17.4. The summed E-state index contributed by atoms with van der Waals surface area (Å²) in [6, 6.07) is 11.8. The van der Waals surface area contributed by atoms with Crippen molar-refractivity contribution in [3.05, 3.63) is 59.7 Å². The van der Waals surface area contributed by atoms with Gasteiger partial charge in [0.2, 0.25) is 0 Å². The zero-order chi connectivity index (χ0) is 21.9. The molecule has 0 saturated carbocycles. The Morgan fingerprint density at radius 1 is 1.10 bits per heavy atom. The van der Waals surface area contributed by atoms with E-state index in [9.17, 15) is 9.59 Å². The van der Waals surface area contributed by atoms with E-state index < -0.39 is 0 Å². The van der Waals surface area contributed by atoms with E-state index >= 15 is 0 Å².